The highest BCUT2D eigenvalue weighted by Crippen LogP contribution is 2.36. The molecule has 0 bridgehead atoms. The molecule has 0 aromatic rings. The smallest absolute Gasteiger partial charge is 0.309 e. The maximum Gasteiger partial charge on any atom is 0.309 e. The van der Waals surface area contributed by atoms with Gasteiger partial charge in [-0.1, -0.05) is 12.5 Å². The number of esters is 1. The molecule has 5 atom stereocenters. The predicted molar refractivity (Wildman–Crippen MR) is 71.7 cm³/mol. The van der Waals surface area contributed by atoms with E-state index in [1.807, 2.05) is 0 Å². The number of ketones is 1. The van der Waals surface area contributed by atoms with E-state index in [4.69, 9.17) is 4.74 Å². The van der Waals surface area contributed by atoms with Crippen LogP contribution in [0.1, 0.15) is 27.2 Å². The van der Waals surface area contributed by atoms with E-state index in [-0.39, 0.29) is 12.2 Å². The van der Waals surface area contributed by atoms with Crippen LogP contribution in [0.4, 0.5) is 0 Å². The van der Waals surface area contributed by atoms with Crippen molar-refractivity contribution in [2.75, 3.05) is 0 Å². The molecule has 5 unspecified atom stereocenters. The van der Waals surface area contributed by atoms with Crippen molar-refractivity contribution in [1.29, 1.82) is 0 Å². The first-order chi connectivity index (χ1) is 9.31. The van der Waals surface area contributed by atoms with E-state index in [1.54, 1.807) is 20.8 Å². The van der Waals surface area contributed by atoms with Crippen LogP contribution in [0.25, 0.3) is 0 Å². The molecular weight excluding hydrogens is 260 g/mol. The lowest BCUT2D eigenvalue weighted by atomic mass is 9.80. The standard InChI is InChI=1S/C15H20O5/c1-7-4-10(16)6-8(2)13(18)14-12(11(17)5-7)9(3)15(19)20-14/h4,6,9,11-14,17-18H,5H2,1-3H3. The van der Waals surface area contributed by atoms with E-state index >= 15 is 0 Å². The average Bonchev–Trinajstić information content (AvgIpc) is 2.63. The highest BCUT2D eigenvalue weighted by atomic mass is 16.6. The number of hydrogen-bond donors (Lipinski definition) is 2. The molecule has 2 aliphatic rings. The highest BCUT2D eigenvalue weighted by Gasteiger charge is 2.49. The number of allylic oxidation sites excluding steroid dienone is 2. The molecule has 0 aromatic carbocycles. The molecule has 1 heterocycles. The fourth-order valence-corrected chi connectivity index (χ4v) is 2.97. The van der Waals surface area contributed by atoms with Gasteiger partial charge in [0.2, 0.25) is 0 Å². The molecule has 1 saturated heterocycles. The Kier molecular flexibility index (Phi) is 4.11. The van der Waals surface area contributed by atoms with Crippen LogP contribution in [0.5, 0.6) is 0 Å². The Morgan fingerprint density at radius 3 is 2.50 bits per heavy atom. The minimum Gasteiger partial charge on any atom is -0.459 e. The van der Waals surface area contributed by atoms with Gasteiger partial charge in [0, 0.05) is 5.92 Å². The zero-order valence-electron chi connectivity index (χ0n) is 11.9. The molecule has 0 radical (unpaired) electrons. The van der Waals surface area contributed by atoms with Crippen molar-refractivity contribution in [3.05, 3.63) is 23.3 Å². The normalized spacial score (nSPS) is 38.8. The van der Waals surface area contributed by atoms with Crippen molar-refractivity contribution in [3.8, 4) is 0 Å². The SMILES string of the molecule is CC1=CC(=O)C=C(C)C(O)C2OC(=O)C(C)C2C(O)C1. The Bertz CT molecular complexity index is 490. The summed E-state index contributed by atoms with van der Waals surface area (Å²) in [7, 11) is 0. The van der Waals surface area contributed by atoms with Crippen molar-refractivity contribution < 1.29 is 24.5 Å². The minimum absolute atomic E-state index is 0.234. The molecule has 5 nitrogen and oxygen atoms in total. The van der Waals surface area contributed by atoms with E-state index in [9.17, 15) is 19.8 Å². The van der Waals surface area contributed by atoms with Gasteiger partial charge in [0.15, 0.2) is 5.78 Å². The molecule has 1 fully saturated rings. The second-order valence-corrected chi connectivity index (χ2v) is 5.77. The number of aliphatic hydroxyl groups is 2. The molecule has 1 aliphatic heterocycles. The number of fused-ring (bicyclic) bond motifs is 1. The fraction of sp³-hybridized carbons (Fsp3) is 0.600. The van der Waals surface area contributed by atoms with E-state index < -0.39 is 36.1 Å². The lowest BCUT2D eigenvalue weighted by molar-refractivity contribution is -0.147. The van der Waals surface area contributed by atoms with Gasteiger partial charge in [-0.25, -0.2) is 0 Å². The minimum atomic E-state index is -1.07. The summed E-state index contributed by atoms with van der Waals surface area (Å²) in [6.45, 7) is 5.07. The number of ether oxygens (including phenoxy) is 1. The van der Waals surface area contributed by atoms with Crippen molar-refractivity contribution in [2.45, 2.75) is 45.5 Å². The Hall–Kier alpha value is -1.46. The largest absolute Gasteiger partial charge is 0.459 e. The highest BCUT2D eigenvalue weighted by molar-refractivity contribution is 6.00. The number of hydrogen-bond acceptors (Lipinski definition) is 5. The fourth-order valence-electron chi connectivity index (χ4n) is 2.97. The van der Waals surface area contributed by atoms with Gasteiger partial charge in [0.25, 0.3) is 0 Å². The second kappa shape index (κ2) is 5.50. The summed E-state index contributed by atoms with van der Waals surface area (Å²) in [4.78, 5) is 23.5. The molecule has 20 heavy (non-hydrogen) atoms. The van der Waals surface area contributed by atoms with Gasteiger partial charge in [0.1, 0.15) is 12.2 Å². The third-order valence-electron chi connectivity index (χ3n) is 4.09. The topological polar surface area (TPSA) is 83.8 Å². The van der Waals surface area contributed by atoms with Crippen LogP contribution < -0.4 is 0 Å². The van der Waals surface area contributed by atoms with Crippen LogP contribution >= 0.6 is 0 Å². The summed E-state index contributed by atoms with van der Waals surface area (Å²) in [6, 6.07) is 0. The van der Waals surface area contributed by atoms with E-state index in [2.05, 4.69) is 0 Å². The Labute approximate surface area is 117 Å². The zero-order chi connectivity index (χ0) is 15.0. The average molecular weight is 280 g/mol. The first-order valence-corrected chi connectivity index (χ1v) is 6.77. The van der Waals surface area contributed by atoms with Crippen molar-refractivity contribution >= 4 is 11.8 Å². The number of aliphatic hydroxyl groups excluding tert-OH is 2. The van der Waals surface area contributed by atoms with E-state index in [0.29, 0.717) is 5.57 Å². The monoisotopic (exact) mass is 280 g/mol. The van der Waals surface area contributed by atoms with Crippen LogP contribution in [0, 0.1) is 11.8 Å². The maximum atomic E-state index is 11.7. The van der Waals surface area contributed by atoms with Gasteiger partial charge in [-0.05, 0) is 38.0 Å². The first kappa shape index (κ1) is 14.9. The summed E-state index contributed by atoms with van der Waals surface area (Å²) in [5.41, 5.74) is 1.18. The predicted octanol–water partition coefficient (Wildman–Crippen LogP) is 0.751. The molecule has 0 amide bonds. The van der Waals surface area contributed by atoms with Crippen molar-refractivity contribution in [3.63, 3.8) is 0 Å². The molecule has 2 N–H and O–H groups in total. The van der Waals surface area contributed by atoms with Gasteiger partial charge in [-0.2, -0.15) is 0 Å². The number of carbonyl (C=O) groups is 2. The van der Waals surface area contributed by atoms with Crippen LogP contribution in [-0.2, 0) is 14.3 Å². The molecular formula is C15H20O5. The molecule has 110 valence electrons. The summed E-state index contributed by atoms with van der Waals surface area (Å²) in [5.74, 6) is -1.60. The van der Waals surface area contributed by atoms with Gasteiger partial charge in [0.05, 0.1) is 12.0 Å². The van der Waals surface area contributed by atoms with Gasteiger partial charge >= 0.3 is 5.97 Å². The van der Waals surface area contributed by atoms with Gasteiger partial charge in [-0.3, -0.25) is 9.59 Å². The van der Waals surface area contributed by atoms with Crippen LogP contribution in [-0.4, -0.2) is 40.3 Å². The molecule has 0 saturated carbocycles. The lowest BCUT2D eigenvalue weighted by Crippen LogP contribution is -2.40. The Balaban J connectivity index is 2.43. The van der Waals surface area contributed by atoms with Crippen molar-refractivity contribution in [2.24, 2.45) is 11.8 Å². The van der Waals surface area contributed by atoms with E-state index in [0.717, 1.165) is 5.57 Å². The second-order valence-electron chi connectivity index (χ2n) is 5.77. The summed E-state index contributed by atoms with van der Waals surface area (Å²) >= 11 is 0. The summed E-state index contributed by atoms with van der Waals surface area (Å²) < 4.78 is 5.21. The van der Waals surface area contributed by atoms with E-state index in [1.165, 1.54) is 12.2 Å². The van der Waals surface area contributed by atoms with Gasteiger partial charge < -0.3 is 14.9 Å². The third-order valence-corrected chi connectivity index (χ3v) is 4.09. The van der Waals surface area contributed by atoms with Crippen LogP contribution in [0.2, 0.25) is 0 Å². The zero-order valence-corrected chi connectivity index (χ0v) is 11.9. The number of carbonyl (C=O) groups excluding carboxylic acids is 2. The summed E-state index contributed by atoms with van der Waals surface area (Å²) in [5, 5.41) is 20.6. The van der Waals surface area contributed by atoms with Crippen LogP contribution in [0.15, 0.2) is 23.3 Å². The number of rotatable bonds is 0. The third kappa shape index (κ3) is 2.69. The molecule has 1 aliphatic carbocycles. The quantitative estimate of drug-likeness (QED) is 0.640. The maximum absolute atomic E-state index is 11.7. The van der Waals surface area contributed by atoms with Crippen molar-refractivity contribution in [1.82, 2.24) is 0 Å². The molecule has 0 spiro atoms. The summed E-state index contributed by atoms with van der Waals surface area (Å²) in [6.07, 6.45) is 0.378. The van der Waals surface area contributed by atoms with Gasteiger partial charge in [-0.15, -0.1) is 0 Å². The molecule has 0 aromatic heterocycles. The Morgan fingerprint density at radius 1 is 1.20 bits per heavy atom. The Morgan fingerprint density at radius 2 is 1.85 bits per heavy atom. The molecule has 5 heteroatoms. The first-order valence-electron chi connectivity index (χ1n) is 6.77. The lowest BCUT2D eigenvalue weighted by Gasteiger charge is -2.29. The molecule has 2 rings (SSSR count). The van der Waals surface area contributed by atoms with Crippen LogP contribution in [0.3, 0.4) is 0 Å².